The van der Waals surface area contributed by atoms with Crippen molar-refractivity contribution in [3.05, 3.63) is 0 Å². The predicted octanol–water partition coefficient (Wildman–Crippen LogP) is -9.62. The molecule has 0 fully saturated rings. The molecular weight excluding hydrogens is 408 g/mol. The van der Waals surface area contributed by atoms with Crippen LogP contribution in [0.3, 0.4) is 0 Å². The number of rotatable bonds is 10. The van der Waals surface area contributed by atoms with Crippen LogP contribution in [0, 0.1) is 0 Å². The summed E-state index contributed by atoms with van der Waals surface area (Å²) in [6.45, 7) is -1.85. The van der Waals surface area contributed by atoms with Gasteiger partial charge in [0.25, 0.3) is 0 Å². The molecular formula is C12H18CaO14. The molecule has 14 nitrogen and oxygen atoms in total. The molecule has 0 spiro atoms. The maximum Gasteiger partial charge on any atom is 2.00 e. The van der Waals surface area contributed by atoms with E-state index in [1.54, 1.807) is 0 Å². The molecule has 0 aliphatic carbocycles. The first-order chi connectivity index (χ1) is 11.8. The van der Waals surface area contributed by atoms with Crippen LogP contribution in [0.1, 0.15) is 0 Å². The van der Waals surface area contributed by atoms with Gasteiger partial charge in [0.2, 0.25) is 0 Å². The summed E-state index contributed by atoms with van der Waals surface area (Å²) in [5.41, 5.74) is 0. The van der Waals surface area contributed by atoms with Crippen molar-refractivity contribution in [3.63, 3.8) is 0 Å². The molecule has 0 unspecified atom stereocenters. The Morgan fingerprint density at radius 1 is 0.630 bits per heavy atom. The zero-order chi connectivity index (χ0) is 21.2. The molecule has 152 valence electrons. The van der Waals surface area contributed by atoms with Crippen LogP contribution in [0.5, 0.6) is 0 Å². The van der Waals surface area contributed by atoms with Gasteiger partial charge < -0.3 is 60.7 Å². The summed E-state index contributed by atoms with van der Waals surface area (Å²) in [6, 6.07) is 0. The predicted molar refractivity (Wildman–Crippen MR) is 76.0 cm³/mol. The van der Waals surface area contributed by atoms with E-state index in [1.165, 1.54) is 0 Å². The molecule has 0 bridgehead atoms. The molecule has 0 aromatic carbocycles. The van der Waals surface area contributed by atoms with Crippen LogP contribution in [0.2, 0.25) is 0 Å². The minimum atomic E-state index is -2.50. The summed E-state index contributed by atoms with van der Waals surface area (Å²) in [7, 11) is 0. The van der Waals surface area contributed by atoms with Crippen molar-refractivity contribution in [2.45, 2.75) is 36.6 Å². The first-order valence-corrected chi connectivity index (χ1v) is 6.62. The maximum absolute atomic E-state index is 10.7. The maximum atomic E-state index is 10.7. The van der Waals surface area contributed by atoms with Crippen LogP contribution in [0.15, 0.2) is 0 Å². The average molecular weight is 426 g/mol. The van der Waals surface area contributed by atoms with Crippen LogP contribution in [0.4, 0.5) is 0 Å². The summed E-state index contributed by atoms with van der Waals surface area (Å²) in [5, 5.41) is 88.4. The number of hydrogen-bond acceptors (Lipinski definition) is 14. The summed E-state index contributed by atoms with van der Waals surface area (Å²) in [6.07, 6.45) is -12.9. The van der Waals surface area contributed by atoms with E-state index in [4.69, 9.17) is 40.9 Å². The summed E-state index contributed by atoms with van der Waals surface area (Å²) >= 11 is 0. The van der Waals surface area contributed by atoms with Gasteiger partial charge in [0, 0.05) is 0 Å². The van der Waals surface area contributed by atoms with Crippen LogP contribution in [-0.4, -0.2) is 152 Å². The molecule has 0 radical (unpaired) electrons. The number of carbonyl (C=O) groups is 4. The first-order valence-electron chi connectivity index (χ1n) is 6.62. The number of Topliss-reactive ketones (excluding diaryl/α,β-unsaturated/α-hetero) is 2. The van der Waals surface area contributed by atoms with Crippen LogP contribution >= 0.6 is 0 Å². The third-order valence-electron chi connectivity index (χ3n) is 2.67. The second-order valence-corrected chi connectivity index (χ2v) is 4.64. The fourth-order valence-corrected chi connectivity index (χ4v) is 1.13. The number of carbonyl (C=O) groups excluding carboxylic acids is 4. The third kappa shape index (κ3) is 11.0. The second-order valence-electron chi connectivity index (χ2n) is 4.64. The average Bonchev–Trinajstić information content (AvgIpc) is 2.62. The van der Waals surface area contributed by atoms with E-state index in [0.717, 1.165) is 0 Å². The topological polar surface area (TPSA) is 276 Å². The standard InChI is InChI=1S/2C6H10O7.Ca/c2*7-1-2(8)3(9)4(10)5(11)6(12)13;/h2*2-3,5,7-9,11H,1H2,(H,12,13);/q;;+2/p-2/t2*2-,3-,5-;/m11./s1. The Morgan fingerprint density at radius 3 is 1.00 bits per heavy atom. The van der Waals surface area contributed by atoms with Gasteiger partial charge in [0.05, 0.1) is 25.2 Å². The minimum absolute atomic E-state index is 0. The number of ketones is 2. The number of aliphatic hydroxyl groups excluding tert-OH is 8. The van der Waals surface area contributed by atoms with Gasteiger partial charge in [0.15, 0.2) is 23.8 Å². The molecule has 8 N–H and O–H groups in total. The molecule has 15 heteroatoms. The van der Waals surface area contributed by atoms with E-state index in [-0.39, 0.29) is 37.7 Å². The van der Waals surface area contributed by atoms with E-state index in [0.29, 0.717) is 0 Å². The molecule has 0 aromatic rings. The number of aliphatic hydroxyl groups is 8. The Balaban J connectivity index is -0.000000411. The molecule has 0 saturated carbocycles. The van der Waals surface area contributed by atoms with Crippen LogP contribution < -0.4 is 10.2 Å². The van der Waals surface area contributed by atoms with Gasteiger partial charge in [-0.2, -0.15) is 0 Å². The molecule has 0 rings (SSSR count). The molecule has 27 heavy (non-hydrogen) atoms. The Labute approximate surface area is 180 Å². The zero-order valence-corrected chi connectivity index (χ0v) is 15.8. The summed E-state index contributed by atoms with van der Waals surface area (Å²) in [5.74, 6) is -7.20. The van der Waals surface area contributed by atoms with Crippen molar-refractivity contribution in [1.29, 1.82) is 0 Å². The number of hydrogen-bond donors (Lipinski definition) is 8. The van der Waals surface area contributed by atoms with Gasteiger partial charge in [-0.15, -0.1) is 0 Å². The van der Waals surface area contributed by atoms with E-state index in [1.807, 2.05) is 0 Å². The van der Waals surface area contributed by atoms with Crippen molar-refractivity contribution in [1.82, 2.24) is 0 Å². The van der Waals surface area contributed by atoms with Gasteiger partial charge in [-0.25, -0.2) is 0 Å². The summed E-state index contributed by atoms with van der Waals surface area (Å²) < 4.78 is 0. The first kappa shape index (κ1) is 30.9. The van der Waals surface area contributed by atoms with E-state index >= 15 is 0 Å². The van der Waals surface area contributed by atoms with Crippen molar-refractivity contribution in [3.8, 4) is 0 Å². The Morgan fingerprint density at radius 2 is 0.852 bits per heavy atom. The van der Waals surface area contributed by atoms with Gasteiger partial charge >= 0.3 is 37.7 Å². The molecule has 0 amide bonds. The van der Waals surface area contributed by atoms with E-state index in [9.17, 15) is 29.4 Å². The van der Waals surface area contributed by atoms with Gasteiger partial charge in [-0.1, -0.05) is 0 Å². The normalized spacial score (nSPS) is 16.9. The van der Waals surface area contributed by atoms with Crippen molar-refractivity contribution < 1.29 is 70.2 Å². The van der Waals surface area contributed by atoms with Gasteiger partial charge in [-0.3, -0.25) is 9.59 Å². The molecule has 0 heterocycles. The van der Waals surface area contributed by atoms with Crippen molar-refractivity contribution in [2.75, 3.05) is 13.2 Å². The van der Waals surface area contributed by atoms with E-state index in [2.05, 4.69) is 0 Å². The SMILES string of the molecule is O=C([O-])[C@H](O)C(=O)[C@H](O)[C@H](O)CO.O=C([O-])[C@H](O)C(=O)[C@H](O)[C@H](O)CO.[Ca+2]. The number of aliphatic carboxylic acids is 2. The molecule has 6 atom stereocenters. The van der Waals surface area contributed by atoms with E-state index < -0.39 is 73.3 Å². The fourth-order valence-electron chi connectivity index (χ4n) is 1.13. The third-order valence-corrected chi connectivity index (χ3v) is 2.67. The number of carboxylic acid groups (broad SMARTS) is 2. The quantitative estimate of drug-likeness (QED) is 0.119. The molecule has 0 saturated heterocycles. The Hall–Kier alpha value is -0.780. The molecule has 0 aliphatic heterocycles. The largest absolute Gasteiger partial charge is 2.00 e. The summed E-state index contributed by atoms with van der Waals surface area (Å²) in [4.78, 5) is 41.2. The number of carboxylic acids is 2. The Bertz CT molecular complexity index is 452. The fraction of sp³-hybridized carbons (Fsp3) is 0.667. The second kappa shape index (κ2) is 15.2. The van der Waals surface area contributed by atoms with Gasteiger partial charge in [0.1, 0.15) is 24.4 Å². The monoisotopic (exact) mass is 426 g/mol. The Kier molecular flexibility index (Phi) is 17.4. The van der Waals surface area contributed by atoms with Crippen LogP contribution in [-0.2, 0) is 19.2 Å². The van der Waals surface area contributed by atoms with Crippen LogP contribution in [0.25, 0.3) is 0 Å². The van der Waals surface area contributed by atoms with Crippen molar-refractivity contribution in [2.24, 2.45) is 0 Å². The van der Waals surface area contributed by atoms with Crippen molar-refractivity contribution >= 4 is 61.2 Å². The minimum Gasteiger partial charge on any atom is -0.547 e. The smallest absolute Gasteiger partial charge is 0.547 e. The molecule has 0 aromatic heterocycles. The molecule has 0 aliphatic rings. The van der Waals surface area contributed by atoms with Gasteiger partial charge in [-0.05, 0) is 0 Å². The zero-order valence-electron chi connectivity index (χ0n) is 13.6.